The van der Waals surface area contributed by atoms with E-state index in [1.54, 1.807) is 24.2 Å². The smallest absolute Gasteiger partial charge is 0.283 e. The lowest BCUT2D eigenvalue weighted by Gasteiger charge is -2.09. The summed E-state index contributed by atoms with van der Waals surface area (Å²) in [6.07, 6.45) is 3.21. The molecule has 0 aliphatic carbocycles. The van der Waals surface area contributed by atoms with Crippen LogP contribution in [0.4, 0.5) is 5.69 Å². The van der Waals surface area contributed by atoms with Gasteiger partial charge in [-0.3, -0.25) is 4.79 Å². The second kappa shape index (κ2) is 6.62. The van der Waals surface area contributed by atoms with Crippen LogP contribution < -0.4 is 10.9 Å². The first-order valence-corrected chi connectivity index (χ1v) is 6.74. The fourth-order valence-electron chi connectivity index (χ4n) is 1.57. The zero-order valence-electron chi connectivity index (χ0n) is 11.2. The van der Waals surface area contributed by atoms with Crippen molar-refractivity contribution in [3.8, 4) is 0 Å². The standard InChI is InChI=1S/C11H15BrN6O2/c1-17-7-14-16-9(17)6-13-8-5-15-18(3-4-20-2)11(19)10(8)12/h5,7,13H,3-4,6H2,1-2H3. The normalized spacial score (nSPS) is 10.8. The average Bonchev–Trinajstić information content (AvgIpc) is 2.85. The molecule has 9 heteroatoms. The number of methoxy groups -OCH3 is 1. The zero-order chi connectivity index (χ0) is 14.5. The molecule has 108 valence electrons. The number of rotatable bonds is 6. The molecule has 2 aromatic heterocycles. The molecule has 0 unspecified atom stereocenters. The van der Waals surface area contributed by atoms with Gasteiger partial charge in [0.2, 0.25) is 0 Å². The summed E-state index contributed by atoms with van der Waals surface area (Å²) in [6, 6.07) is 0. The Labute approximate surface area is 123 Å². The number of nitrogens with zero attached hydrogens (tertiary/aromatic N) is 5. The Morgan fingerprint density at radius 1 is 1.50 bits per heavy atom. The molecule has 0 saturated heterocycles. The first-order chi connectivity index (χ1) is 9.63. The molecule has 1 N–H and O–H groups in total. The summed E-state index contributed by atoms with van der Waals surface area (Å²) in [5.74, 6) is 0.764. The van der Waals surface area contributed by atoms with Gasteiger partial charge in [0.15, 0.2) is 5.82 Å². The minimum Gasteiger partial charge on any atom is -0.383 e. The Morgan fingerprint density at radius 2 is 2.30 bits per heavy atom. The molecular weight excluding hydrogens is 328 g/mol. The van der Waals surface area contributed by atoms with Crippen LogP contribution in [0.3, 0.4) is 0 Å². The van der Waals surface area contributed by atoms with E-state index in [1.807, 2.05) is 7.05 Å². The fraction of sp³-hybridized carbons (Fsp3) is 0.455. The zero-order valence-corrected chi connectivity index (χ0v) is 12.8. The molecule has 0 aliphatic heterocycles. The van der Waals surface area contributed by atoms with Gasteiger partial charge in [0, 0.05) is 14.2 Å². The maximum absolute atomic E-state index is 12.0. The first-order valence-electron chi connectivity index (χ1n) is 5.94. The molecule has 0 aliphatic rings. The van der Waals surface area contributed by atoms with Crippen LogP contribution in [-0.2, 0) is 24.9 Å². The van der Waals surface area contributed by atoms with E-state index < -0.39 is 0 Å². The molecule has 20 heavy (non-hydrogen) atoms. The summed E-state index contributed by atoms with van der Waals surface area (Å²) in [5, 5.41) is 14.9. The molecule has 8 nitrogen and oxygen atoms in total. The first kappa shape index (κ1) is 14.7. The molecule has 0 fully saturated rings. The largest absolute Gasteiger partial charge is 0.383 e. The van der Waals surface area contributed by atoms with Crippen molar-refractivity contribution >= 4 is 21.6 Å². The molecule has 0 amide bonds. The molecule has 2 aromatic rings. The molecule has 2 heterocycles. The highest BCUT2D eigenvalue weighted by molar-refractivity contribution is 9.10. The minimum absolute atomic E-state index is 0.204. The van der Waals surface area contributed by atoms with E-state index >= 15 is 0 Å². The molecule has 0 aromatic carbocycles. The maximum atomic E-state index is 12.0. The number of halogens is 1. The number of nitrogens with one attached hydrogen (secondary N) is 1. The lowest BCUT2D eigenvalue weighted by Crippen LogP contribution is -2.26. The van der Waals surface area contributed by atoms with E-state index in [4.69, 9.17) is 4.74 Å². The van der Waals surface area contributed by atoms with Gasteiger partial charge in [-0.2, -0.15) is 5.10 Å². The quantitative estimate of drug-likeness (QED) is 0.817. The van der Waals surface area contributed by atoms with Gasteiger partial charge in [-0.15, -0.1) is 10.2 Å². The summed E-state index contributed by atoms with van der Waals surface area (Å²) in [6.45, 7) is 1.31. The lowest BCUT2D eigenvalue weighted by molar-refractivity contribution is 0.181. The van der Waals surface area contributed by atoms with Gasteiger partial charge in [0.05, 0.1) is 31.6 Å². The molecule has 0 saturated carbocycles. The van der Waals surface area contributed by atoms with Crippen molar-refractivity contribution in [2.75, 3.05) is 19.0 Å². The molecular formula is C11H15BrN6O2. The number of anilines is 1. The van der Waals surface area contributed by atoms with E-state index in [9.17, 15) is 4.79 Å². The van der Waals surface area contributed by atoms with Crippen molar-refractivity contribution in [2.45, 2.75) is 13.1 Å². The summed E-state index contributed by atoms with van der Waals surface area (Å²) < 4.78 is 8.52. The van der Waals surface area contributed by atoms with Gasteiger partial charge in [-0.25, -0.2) is 4.68 Å². The van der Waals surface area contributed by atoms with Crippen LogP contribution in [0, 0.1) is 0 Å². The van der Waals surface area contributed by atoms with Gasteiger partial charge in [-0.1, -0.05) is 0 Å². The topological polar surface area (TPSA) is 86.9 Å². The maximum Gasteiger partial charge on any atom is 0.283 e. The number of aryl methyl sites for hydroxylation is 1. The van der Waals surface area contributed by atoms with Gasteiger partial charge in [-0.05, 0) is 15.9 Å². The third-order valence-corrected chi connectivity index (χ3v) is 3.50. The van der Waals surface area contributed by atoms with Crippen LogP contribution in [0.1, 0.15) is 5.82 Å². The van der Waals surface area contributed by atoms with Crippen LogP contribution in [0.15, 0.2) is 21.8 Å². The Bertz CT molecular complexity index is 638. The van der Waals surface area contributed by atoms with Crippen LogP contribution in [-0.4, -0.2) is 38.3 Å². The second-order valence-electron chi connectivity index (χ2n) is 4.10. The number of aromatic nitrogens is 5. The number of hydrogen-bond acceptors (Lipinski definition) is 6. The van der Waals surface area contributed by atoms with Crippen LogP contribution in [0.2, 0.25) is 0 Å². The van der Waals surface area contributed by atoms with E-state index in [0.29, 0.717) is 29.9 Å². The van der Waals surface area contributed by atoms with Crippen molar-refractivity contribution in [1.29, 1.82) is 0 Å². The van der Waals surface area contributed by atoms with Gasteiger partial charge in [0.25, 0.3) is 5.56 Å². The van der Waals surface area contributed by atoms with Crippen molar-refractivity contribution in [1.82, 2.24) is 24.5 Å². The van der Waals surface area contributed by atoms with Crippen LogP contribution in [0.25, 0.3) is 0 Å². The van der Waals surface area contributed by atoms with E-state index in [1.165, 1.54) is 4.68 Å². The predicted molar refractivity (Wildman–Crippen MR) is 76.4 cm³/mol. The van der Waals surface area contributed by atoms with E-state index in [0.717, 1.165) is 5.82 Å². The van der Waals surface area contributed by atoms with Crippen LogP contribution >= 0.6 is 15.9 Å². The Morgan fingerprint density at radius 3 is 2.95 bits per heavy atom. The van der Waals surface area contributed by atoms with Crippen molar-refractivity contribution in [3.63, 3.8) is 0 Å². The SMILES string of the molecule is COCCn1ncc(NCc2nncn2C)c(Br)c1=O. The summed E-state index contributed by atoms with van der Waals surface area (Å²) in [5.41, 5.74) is 0.414. The highest BCUT2D eigenvalue weighted by atomic mass is 79.9. The Hall–Kier alpha value is -1.74. The van der Waals surface area contributed by atoms with Crippen LogP contribution in [0.5, 0.6) is 0 Å². The van der Waals surface area contributed by atoms with Gasteiger partial charge >= 0.3 is 0 Å². The van der Waals surface area contributed by atoms with E-state index in [-0.39, 0.29) is 5.56 Å². The highest BCUT2D eigenvalue weighted by Crippen LogP contribution is 2.16. The molecule has 0 bridgehead atoms. The van der Waals surface area contributed by atoms with Gasteiger partial charge < -0.3 is 14.6 Å². The Balaban J connectivity index is 2.11. The van der Waals surface area contributed by atoms with E-state index in [2.05, 4.69) is 36.5 Å². The summed E-state index contributed by atoms with van der Waals surface area (Å²) in [4.78, 5) is 12.0. The number of hydrogen-bond donors (Lipinski definition) is 1. The molecule has 0 radical (unpaired) electrons. The third kappa shape index (κ3) is 3.23. The van der Waals surface area contributed by atoms with Gasteiger partial charge in [0.1, 0.15) is 10.8 Å². The molecule has 2 rings (SSSR count). The van der Waals surface area contributed by atoms with Crippen molar-refractivity contribution in [2.24, 2.45) is 7.05 Å². The predicted octanol–water partition coefficient (Wildman–Crippen LogP) is 0.393. The fourth-order valence-corrected chi connectivity index (χ4v) is 2.01. The highest BCUT2D eigenvalue weighted by Gasteiger charge is 2.09. The Kier molecular flexibility index (Phi) is 4.85. The molecule has 0 atom stereocenters. The lowest BCUT2D eigenvalue weighted by atomic mass is 10.4. The number of ether oxygens (including phenoxy) is 1. The monoisotopic (exact) mass is 342 g/mol. The van der Waals surface area contributed by atoms with Crippen molar-refractivity contribution < 1.29 is 4.74 Å². The summed E-state index contributed by atoms with van der Waals surface area (Å²) >= 11 is 3.29. The summed E-state index contributed by atoms with van der Waals surface area (Å²) in [7, 11) is 3.43. The second-order valence-corrected chi connectivity index (χ2v) is 4.90. The molecule has 0 spiro atoms. The third-order valence-electron chi connectivity index (χ3n) is 2.73. The average molecular weight is 343 g/mol. The van der Waals surface area contributed by atoms with Crippen molar-refractivity contribution in [3.05, 3.63) is 33.2 Å². The minimum atomic E-state index is -0.204.